The number of hydrogen-bond donors (Lipinski definition) is 0. The van der Waals surface area contributed by atoms with Crippen molar-refractivity contribution in [3.05, 3.63) is 53.6 Å². The van der Waals surface area contributed by atoms with Gasteiger partial charge >= 0.3 is 10.1 Å². The number of pyridine rings is 1. The third-order valence-corrected chi connectivity index (χ3v) is 4.29. The maximum absolute atomic E-state index is 12.1. The van der Waals surface area contributed by atoms with Gasteiger partial charge in [-0.05, 0) is 36.4 Å². The van der Waals surface area contributed by atoms with Crippen molar-refractivity contribution in [3.8, 4) is 17.1 Å². The molecule has 0 radical (unpaired) electrons. The predicted molar refractivity (Wildman–Crippen MR) is 81.5 cm³/mol. The Morgan fingerprint density at radius 3 is 2.43 bits per heavy atom. The second kappa shape index (κ2) is 5.98. The molecule has 0 aliphatic rings. The Labute approximate surface area is 137 Å². The topological polar surface area (TPSA) is 95.2 Å². The van der Waals surface area contributed by atoms with Crippen LogP contribution < -0.4 is 4.18 Å². The molecule has 1 aromatic carbocycles. The first-order chi connectivity index (χ1) is 10.9. The quantitative estimate of drug-likeness (QED) is 0.526. The maximum atomic E-state index is 12.1. The highest BCUT2D eigenvalue weighted by Crippen LogP contribution is 2.23. The number of rotatable bonds is 4. The second-order valence-electron chi connectivity index (χ2n) is 4.52. The minimum atomic E-state index is -3.97. The van der Waals surface area contributed by atoms with Crippen LogP contribution in [0.2, 0.25) is 5.15 Å². The Morgan fingerprint density at radius 2 is 1.87 bits per heavy atom. The Balaban J connectivity index is 1.81. The molecule has 0 atom stereocenters. The predicted octanol–water partition coefficient (Wildman–Crippen LogP) is 2.86. The first-order valence-corrected chi connectivity index (χ1v) is 8.19. The molecule has 9 heteroatoms. The summed E-state index contributed by atoms with van der Waals surface area (Å²) in [6.07, 6.45) is 1.13. The van der Waals surface area contributed by atoms with E-state index in [2.05, 4.69) is 15.1 Å². The number of aromatic nitrogens is 3. The number of hydrogen-bond acceptors (Lipinski definition) is 7. The van der Waals surface area contributed by atoms with Crippen LogP contribution in [0.15, 0.2) is 52.0 Å². The minimum Gasteiger partial charge on any atom is -0.379 e. The Kier molecular flexibility index (Phi) is 4.01. The minimum absolute atomic E-state index is 0.0835. The summed E-state index contributed by atoms with van der Waals surface area (Å²) in [5.41, 5.74) is 0.680. The van der Waals surface area contributed by atoms with E-state index in [0.717, 1.165) is 6.20 Å². The first-order valence-electron chi connectivity index (χ1n) is 6.41. The zero-order chi connectivity index (χ0) is 16.4. The van der Waals surface area contributed by atoms with Crippen LogP contribution in [0.5, 0.6) is 5.75 Å². The van der Waals surface area contributed by atoms with E-state index in [0.29, 0.717) is 17.3 Å². The fourth-order valence-corrected chi connectivity index (χ4v) is 2.75. The third kappa shape index (κ3) is 3.49. The van der Waals surface area contributed by atoms with Gasteiger partial charge in [-0.1, -0.05) is 16.8 Å². The van der Waals surface area contributed by atoms with Gasteiger partial charge in [0.25, 0.3) is 0 Å². The zero-order valence-corrected chi connectivity index (χ0v) is 13.4. The summed E-state index contributed by atoms with van der Waals surface area (Å²) >= 11 is 5.63. The van der Waals surface area contributed by atoms with Gasteiger partial charge in [-0.2, -0.15) is 13.4 Å². The average molecular weight is 352 g/mol. The van der Waals surface area contributed by atoms with Crippen LogP contribution in [-0.2, 0) is 10.1 Å². The van der Waals surface area contributed by atoms with Crippen molar-refractivity contribution in [2.45, 2.75) is 11.8 Å². The molecular formula is C14H10ClN3O4S. The number of aryl methyl sites for hydroxylation is 1. The fraction of sp³-hybridized carbons (Fsp3) is 0.0714. The van der Waals surface area contributed by atoms with Crippen LogP contribution in [0.1, 0.15) is 5.89 Å². The van der Waals surface area contributed by atoms with Crippen molar-refractivity contribution in [3.63, 3.8) is 0 Å². The molecule has 0 saturated heterocycles. The van der Waals surface area contributed by atoms with Crippen LogP contribution in [0.25, 0.3) is 11.4 Å². The maximum Gasteiger partial charge on any atom is 0.340 e. The largest absolute Gasteiger partial charge is 0.379 e. The monoisotopic (exact) mass is 351 g/mol. The standard InChI is InChI=1S/C14H10ClN3O4S/c1-9-17-14(18-21-9)10-2-4-11(5-3-10)22-23(19,20)12-6-7-13(15)16-8-12/h2-8H,1H3. The Hall–Kier alpha value is -2.45. The van der Waals surface area contributed by atoms with Crippen molar-refractivity contribution in [1.29, 1.82) is 0 Å². The molecule has 0 aliphatic carbocycles. The highest BCUT2D eigenvalue weighted by molar-refractivity contribution is 7.87. The van der Waals surface area contributed by atoms with E-state index < -0.39 is 10.1 Å². The van der Waals surface area contributed by atoms with Gasteiger partial charge in [-0.15, -0.1) is 0 Å². The van der Waals surface area contributed by atoms with Gasteiger partial charge in [0.1, 0.15) is 15.8 Å². The summed E-state index contributed by atoms with van der Waals surface area (Å²) in [6.45, 7) is 1.68. The van der Waals surface area contributed by atoms with Crippen LogP contribution in [0.3, 0.4) is 0 Å². The molecule has 3 aromatic rings. The molecular weight excluding hydrogens is 342 g/mol. The summed E-state index contributed by atoms with van der Waals surface area (Å²) in [7, 11) is -3.97. The van der Waals surface area contributed by atoms with E-state index in [-0.39, 0.29) is 15.8 Å². The highest BCUT2D eigenvalue weighted by Gasteiger charge is 2.17. The lowest BCUT2D eigenvalue weighted by Crippen LogP contribution is -2.09. The van der Waals surface area contributed by atoms with Gasteiger partial charge in [0, 0.05) is 12.5 Å². The number of benzene rings is 1. The average Bonchev–Trinajstić information content (AvgIpc) is 2.95. The van der Waals surface area contributed by atoms with E-state index in [1.807, 2.05) is 0 Å². The van der Waals surface area contributed by atoms with E-state index in [9.17, 15) is 8.42 Å². The Morgan fingerprint density at radius 1 is 1.13 bits per heavy atom. The molecule has 2 aromatic heterocycles. The molecule has 0 spiro atoms. The summed E-state index contributed by atoms with van der Waals surface area (Å²) in [6, 6.07) is 8.97. The van der Waals surface area contributed by atoms with Crippen molar-refractivity contribution < 1.29 is 17.1 Å². The van der Waals surface area contributed by atoms with Gasteiger partial charge in [0.15, 0.2) is 0 Å². The molecule has 0 fully saturated rings. The number of halogens is 1. The van der Waals surface area contributed by atoms with Crippen molar-refractivity contribution in [2.75, 3.05) is 0 Å². The smallest absolute Gasteiger partial charge is 0.340 e. The molecule has 3 rings (SSSR count). The highest BCUT2D eigenvalue weighted by atomic mass is 35.5. The van der Waals surface area contributed by atoms with E-state index in [1.54, 1.807) is 19.1 Å². The molecule has 0 amide bonds. The molecule has 0 saturated carbocycles. The fourth-order valence-electron chi connectivity index (χ4n) is 1.76. The number of nitrogens with zero attached hydrogens (tertiary/aromatic N) is 3. The van der Waals surface area contributed by atoms with Gasteiger partial charge in [0.2, 0.25) is 11.7 Å². The first kappa shape index (κ1) is 15.4. The van der Waals surface area contributed by atoms with Crippen LogP contribution in [0, 0.1) is 6.92 Å². The van der Waals surface area contributed by atoms with Gasteiger partial charge < -0.3 is 8.71 Å². The van der Waals surface area contributed by atoms with Crippen LogP contribution >= 0.6 is 11.6 Å². The normalized spacial score (nSPS) is 11.4. The summed E-state index contributed by atoms with van der Waals surface area (Å²) in [4.78, 5) is 7.72. The van der Waals surface area contributed by atoms with Crippen molar-refractivity contribution in [2.24, 2.45) is 0 Å². The lowest BCUT2D eigenvalue weighted by Gasteiger charge is -2.07. The lowest BCUT2D eigenvalue weighted by atomic mass is 10.2. The molecule has 23 heavy (non-hydrogen) atoms. The van der Waals surface area contributed by atoms with Crippen molar-refractivity contribution in [1.82, 2.24) is 15.1 Å². The molecule has 0 N–H and O–H groups in total. The molecule has 0 unspecified atom stereocenters. The molecule has 0 aliphatic heterocycles. The Bertz CT molecular complexity index is 921. The summed E-state index contributed by atoms with van der Waals surface area (Å²) in [5.74, 6) is 1.01. The van der Waals surface area contributed by atoms with Crippen LogP contribution in [0.4, 0.5) is 0 Å². The molecule has 2 heterocycles. The summed E-state index contributed by atoms with van der Waals surface area (Å²) < 4.78 is 34.2. The van der Waals surface area contributed by atoms with E-state index in [1.165, 1.54) is 24.3 Å². The SMILES string of the molecule is Cc1nc(-c2ccc(OS(=O)(=O)c3ccc(Cl)nc3)cc2)no1. The van der Waals surface area contributed by atoms with E-state index in [4.69, 9.17) is 20.3 Å². The van der Waals surface area contributed by atoms with Gasteiger partial charge in [0.05, 0.1) is 6.20 Å². The molecule has 7 nitrogen and oxygen atoms in total. The third-order valence-electron chi connectivity index (χ3n) is 2.83. The summed E-state index contributed by atoms with van der Waals surface area (Å²) in [5, 5.41) is 3.98. The van der Waals surface area contributed by atoms with Crippen molar-refractivity contribution >= 4 is 21.7 Å². The zero-order valence-electron chi connectivity index (χ0n) is 11.8. The second-order valence-corrected chi connectivity index (χ2v) is 6.45. The molecule has 118 valence electrons. The van der Waals surface area contributed by atoms with Gasteiger partial charge in [-0.25, -0.2) is 4.98 Å². The van der Waals surface area contributed by atoms with E-state index >= 15 is 0 Å². The van der Waals surface area contributed by atoms with Crippen LogP contribution in [-0.4, -0.2) is 23.5 Å². The van der Waals surface area contributed by atoms with Gasteiger partial charge in [-0.3, -0.25) is 0 Å². The lowest BCUT2D eigenvalue weighted by molar-refractivity contribution is 0.394. The molecule has 0 bridgehead atoms.